The molecule has 0 heterocycles. The third-order valence-electron chi connectivity index (χ3n) is 0.602. The number of hydrogen-bond donors (Lipinski definition) is 0. The molecule has 0 aromatic carbocycles. The SMILES string of the molecule is CCCC(C)=O.[AlH3]. The zero-order valence-electron chi connectivity index (χ0n) is 4.32. The fraction of sp³-hybridized carbons (Fsp3) is 0.800. The quantitative estimate of drug-likeness (QED) is 0.471. The van der Waals surface area contributed by atoms with Crippen molar-refractivity contribution in [2.75, 3.05) is 0 Å². The molecule has 0 atom stereocenters. The van der Waals surface area contributed by atoms with Gasteiger partial charge in [0.1, 0.15) is 5.78 Å². The van der Waals surface area contributed by atoms with E-state index in [4.69, 9.17) is 0 Å². The van der Waals surface area contributed by atoms with E-state index in [1.54, 1.807) is 6.92 Å². The highest BCUT2D eigenvalue weighted by Crippen LogP contribution is 1.84. The number of Topliss-reactive ketones (excluding diaryl/α,β-unsaturated/α-hetero) is 1. The van der Waals surface area contributed by atoms with Crippen molar-refractivity contribution < 1.29 is 4.79 Å². The van der Waals surface area contributed by atoms with Gasteiger partial charge in [-0.3, -0.25) is 0 Å². The van der Waals surface area contributed by atoms with Gasteiger partial charge in [-0.25, -0.2) is 0 Å². The third-order valence-corrected chi connectivity index (χ3v) is 0.602. The molecule has 0 amide bonds. The second-order valence-electron chi connectivity index (χ2n) is 1.45. The molecule has 0 saturated carbocycles. The van der Waals surface area contributed by atoms with Crippen LogP contribution < -0.4 is 0 Å². The van der Waals surface area contributed by atoms with Crippen LogP contribution in [0.25, 0.3) is 0 Å². The van der Waals surface area contributed by atoms with Gasteiger partial charge in [-0.05, 0) is 13.3 Å². The van der Waals surface area contributed by atoms with Crippen molar-refractivity contribution in [3.8, 4) is 0 Å². The molecule has 0 aromatic rings. The number of ketones is 1. The number of carbonyl (C=O) groups excluding carboxylic acids is 1. The fourth-order valence-corrected chi connectivity index (χ4v) is 0.352. The van der Waals surface area contributed by atoms with Crippen LogP contribution in [0.15, 0.2) is 0 Å². The van der Waals surface area contributed by atoms with Crippen molar-refractivity contribution in [3.05, 3.63) is 0 Å². The standard InChI is InChI=1S/C5H10O.Al.3H/c1-3-4-5(2)6;;;;/h3-4H2,1-2H3;;;;. The maximum absolute atomic E-state index is 10.0. The van der Waals surface area contributed by atoms with Crippen LogP contribution in [-0.2, 0) is 4.79 Å². The van der Waals surface area contributed by atoms with E-state index in [1.807, 2.05) is 6.92 Å². The summed E-state index contributed by atoms with van der Waals surface area (Å²) in [6.07, 6.45) is 1.72. The average molecular weight is 116 g/mol. The summed E-state index contributed by atoms with van der Waals surface area (Å²) in [6, 6.07) is 0. The smallest absolute Gasteiger partial charge is 0.187 e. The van der Waals surface area contributed by atoms with Gasteiger partial charge in [0.05, 0.1) is 0 Å². The van der Waals surface area contributed by atoms with Gasteiger partial charge in [0.25, 0.3) is 0 Å². The van der Waals surface area contributed by atoms with E-state index in [9.17, 15) is 4.79 Å². The molecule has 0 bridgehead atoms. The average Bonchev–Trinajstić information content (AvgIpc) is 1.35. The van der Waals surface area contributed by atoms with Crippen LogP contribution in [-0.4, -0.2) is 23.1 Å². The summed E-state index contributed by atoms with van der Waals surface area (Å²) in [5, 5.41) is 0. The molecular formula is C5H13AlO. The number of rotatable bonds is 2. The Labute approximate surface area is 55.2 Å². The molecule has 0 aliphatic heterocycles. The number of hydrogen-bond acceptors (Lipinski definition) is 1. The summed E-state index contributed by atoms with van der Waals surface area (Å²) in [6.45, 7) is 3.62. The number of carbonyl (C=O) groups is 1. The summed E-state index contributed by atoms with van der Waals surface area (Å²) < 4.78 is 0. The van der Waals surface area contributed by atoms with Crippen molar-refractivity contribution in [2.45, 2.75) is 26.7 Å². The van der Waals surface area contributed by atoms with E-state index in [-0.39, 0.29) is 23.1 Å². The molecule has 0 radical (unpaired) electrons. The molecule has 0 saturated heterocycles. The molecule has 2 heteroatoms. The van der Waals surface area contributed by atoms with Crippen molar-refractivity contribution in [1.29, 1.82) is 0 Å². The van der Waals surface area contributed by atoms with Crippen LogP contribution in [0.4, 0.5) is 0 Å². The van der Waals surface area contributed by atoms with Crippen LogP contribution in [0.2, 0.25) is 0 Å². The van der Waals surface area contributed by atoms with Gasteiger partial charge in [-0.15, -0.1) is 0 Å². The molecule has 0 aliphatic carbocycles. The largest absolute Gasteiger partial charge is 0.300 e. The zero-order chi connectivity index (χ0) is 4.99. The Morgan fingerprint density at radius 3 is 2.00 bits per heavy atom. The van der Waals surface area contributed by atoms with Crippen molar-refractivity contribution in [1.82, 2.24) is 0 Å². The van der Waals surface area contributed by atoms with Crippen LogP contribution in [0, 0.1) is 0 Å². The maximum Gasteiger partial charge on any atom is 0.187 e. The molecule has 0 aliphatic rings. The lowest BCUT2D eigenvalue weighted by Crippen LogP contribution is -1.84. The fourth-order valence-electron chi connectivity index (χ4n) is 0.352. The molecule has 7 heavy (non-hydrogen) atoms. The Morgan fingerprint density at radius 2 is 2.00 bits per heavy atom. The Balaban J connectivity index is 0. The Hall–Kier alpha value is 0.202. The van der Waals surface area contributed by atoms with E-state index in [2.05, 4.69) is 0 Å². The van der Waals surface area contributed by atoms with E-state index in [0.29, 0.717) is 0 Å². The molecule has 0 aromatic heterocycles. The molecular weight excluding hydrogens is 103 g/mol. The van der Waals surface area contributed by atoms with Gasteiger partial charge >= 0.3 is 0 Å². The summed E-state index contributed by atoms with van der Waals surface area (Å²) in [4.78, 5) is 10.0. The minimum absolute atomic E-state index is 0. The van der Waals surface area contributed by atoms with Gasteiger partial charge in [0.2, 0.25) is 0 Å². The van der Waals surface area contributed by atoms with Gasteiger partial charge < -0.3 is 4.79 Å². The molecule has 42 valence electrons. The first kappa shape index (κ1) is 10.2. The molecule has 0 unspecified atom stereocenters. The van der Waals surface area contributed by atoms with E-state index >= 15 is 0 Å². The third kappa shape index (κ3) is 10.7. The Kier molecular flexibility index (Phi) is 9.07. The van der Waals surface area contributed by atoms with Gasteiger partial charge in [0.15, 0.2) is 17.4 Å². The van der Waals surface area contributed by atoms with Crippen LogP contribution in [0.1, 0.15) is 26.7 Å². The normalized spacial score (nSPS) is 7.14. The van der Waals surface area contributed by atoms with Crippen LogP contribution in [0.5, 0.6) is 0 Å². The predicted molar refractivity (Wildman–Crippen MR) is 35.5 cm³/mol. The molecule has 0 N–H and O–H groups in total. The molecule has 0 rings (SSSR count). The monoisotopic (exact) mass is 116 g/mol. The second kappa shape index (κ2) is 6.20. The minimum atomic E-state index is 0. The highest BCUT2D eigenvalue weighted by atomic mass is 27.0. The zero-order valence-corrected chi connectivity index (χ0v) is 4.32. The van der Waals surface area contributed by atoms with Crippen molar-refractivity contribution in [3.63, 3.8) is 0 Å². The predicted octanol–water partition coefficient (Wildman–Crippen LogP) is 0.192. The van der Waals surface area contributed by atoms with E-state index in [0.717, 1.165) is 12.8 Å². The first-order valence-corrected chi connectivity index (χ1v) is 2.26. The van der Waals surface area contributed by atoms with Crippen molar-refractivity contribution in [2.24, 2.45) is 0 Å². The summed E-state index contributed by atoms with van der Waals surface area (Å²) in [5.74, 6) is 0.289. The maximum atomic E-state index is 10.0. The van der Waals surface area contributed by atoms with Gasteiger partial charge in [-0.1, -0.05) is 6.92 Å². The first-order chi connectivity index (χ1) is 2.77. The molecule has 1 nitrogen and oxygen atoms in total. The molecule has 0 spiro atoms. The minimum Gasteiger partial charge on any atom is -0.300 e. The van der Waals surface area contributed by atoms with Crippen LogP contribution >= 0.6 is 0 Å². The second-order valence-corrected chi connectivity index (χ2v) is 1.45. The highest BCUT2D eigenvalue weighted by molar-refractivity contribution is 5.75. The van der Waals surface area contributed by atoms with Gasteiger partial charge in [-0.2, -0.15) is 0 Å². The van der Waals surface area contributed by atoms with E-state index < -0.39 is 0 Å². The van der Waals surface area contributed by atoms with E-state index in [1.165, 1.54) is 0 Å². The summed E-state index contributed by atoms with van der Waals surface area (Å²) in [7, 11) is 0. The van der Waals surface area contributed by atoms with Gasteiger partial charge in [0, 0.05) is 6.42 Å². The topological polar surface area (TPSA) is 17.1 Å². The van der Waals surface area contributed by atoms with Crippen molar-refractivity contribution >= 4 is 23.1 Å². The first-order valence-electron chi connectivity index (χ1n) is 2.26. The summed E-state index contributed by atoms with van der Waals surface area (Å²) in [5.41, 5.74) is 0. The van der Waals surface area contributed by atoms with Crippen LogP contribution in [0.3, 0.4) is 0 Å². The highest BCUT2D eigenvalue weighted by Gasteiger charge is 1.83. The lowest BCUT2D eigenvalue weighted by molar-refractivity contribution is -0.117. The molecule has 0 fully saturated rings. The Morgan fingerprint density at radius 1 is 1.57 bits per heavy atom. The summed E-state index contributed by atoms with van der Waals surface area (Å²) >= 11 is 0. The Bertz CT molecular complexity index is 52.0. The lowest BCUT2D eigenvalue weighted by atomic mass is 10.3. The lowest BCUT2D eigenvalue weighted by Gasteiger charge is -1.80.